The number of benzene rings is 1. The Morgan fingerprint density at radius 1 is 1.25 bits per heavy atom. The third kappa shape index (κ3) is 5.13. The van der Waals surface area contributed by atoms with Crippen molar-refractivity contribution in [2.24, 2.45) is 11.7 Å². The molecule has 0 spiro atoms. The number of amides is 3. The molecule has 0 bridgehead atoms. The number of carbonyl (C=O) groups excluding carboxylic acids is 2. The number of nitrogens with two attached hydrogens (primary N) is 1. The highest BCUT2D eigenvalue weighted by molar-refractivity contribution is 5.78. The standard InChI is InChI=1S/C17H25N3O4/c1-23-10-11-24-15-5-3-2-4-14(15)12-19-17(22)20-8-6-13(7-9-20)16(18)21/h2-5,13H,6-12H2,1H3,(H2,18,21)(H,19,22). The van der Waals surface area contributed by atoms with Crippen LogP contribution >= 0.6 is 0 Å². The highest BCUT2D eigenvalue weighted by Crippen LogP contribution is 2.19. The predicted molar refractivity (Wildman–Crippen MR) is 89.5 cm³/mol. The van der Waals surface area contributed by atoms with Gasteiger partial charge in [-0.25, -0.2) is 4.79 Å². The zero-order valence-electron chi connectivity index (χ0n) is 14.0. The van der Waals surface area contributed by atoms with E-state index in [1.54, 1.807) is 12.0 Å². The molecular formula is C17H25N3O4. The number of likely N-dealkylation sites (tertiary alicyclic amines) is 1. The molecule has 1 aromatic carbocycles. The molecule has 1 aliphatic rings. The summed E-state index contributed by atoms with van der Waals surface area (Å²) < 4.78 is 10.6. The van der Waals surface area contributed by atoms with Crippen molar-refractivity contribution in [2.45, 2.75) is 19.4 Å². The molecule has 1 saturated heterocycles. The molecule has 1 fully saturated rings. The number of hydrogen-bond donors (Lipinski definition) is 2. The lowest BCUT2D eigenvalue weighted by molar-refractivity contribution is -0.123. The number of hydrogen-bond acceptors (Lipinski definition) is 4. The molecule has 3 amide bonds. The molecule has 24 heavy (non-hydrogen) atoms. The van der Waals surface area contributed by atoms with Crippen molar-refractivity contribution in [3.63, 3.8) is 0 Å². The molecule has 2 rings (SSSR count). The van der Waals surface area contributed by atoms with Gasteiger partial charge in [0.1, 0.15) is 12.4 Å². The Morgan fingerprint density at radius 2 is 1.96 bits per heavy atom. The van der Waals surface area contributed by atoms with Crippen LogP contribution in [-0.4, -0.2) is 50.3 Å². The van der Waals surface area contributed by atoms with Crippen molar-refractivity contribution in [1.29, 1.82) is 0 Å². The minimum Gasteiger partial charge on any atom is -0.491 e. The van der Waals surface area contributed by atoms with Gasteiger partial charge < -0.3 is 25.4 Å². The summed E-state index contributed by atoms with van der Waals surface area (Å²) in [6.45, 7) is 2.45. The molecule has 0 aliphatic carbocycles. The van der Waals surface area contributed by atoms with E-state index in [4.69, 9.17) is 15.2 Å². The number of nitrogens with zero attached hydrogens (tertiary/aromatic N) is 1. The number of ether oxygens (including phenoxy) is 2. The summed E-state index contributed by atoms with van der Waals surface area (Å²) in [5.74, 6) is 0.337. The van der Waals surface area contributed by atoms with E-state index in [2.05, 4.69) is 5.32 Å². The average molecular weight is 335 g/mol. The van der Waals surface area contributed by atoms with Gasteiger partial charge in [-0.1, -0.05) is 18.2 Å². The summed E-state index contributed by atoms with van der Waals surface area (Å²) in [4.78, 5) is 25.1. The van der Waals surface area contributed by atoms with Crippen LogP contribution in [0.5, 0.6) is 5.75 Å². The molecule has 0 radical (unpaired) electrons. The second-order valence-electron chi connectivity index (χ2n) is 5.77. The number of methoxy groups -OCH3 is 1. The van der Waals surface area contributed by atoms with Gasteiger partial charge in [0.2, 0.25) is 5.91 Å². The van der Waals surface area contributed by atoms with Crippen LogP contribution in [0, 0.1) is 5.92 Å². The highest BCUT2D eigenvalue weighted by atomic mass is 16.5. The van der Waals surface area contributed by atoms with E-state index in [1.807, 2.05) is 24.3 Å². The topological polar surface area (TPSA) is 93.9 Å². The molecule has 1 aliphatic heterocycles. The van der Waals surface area contributed by atoms with E-state index in [0.29, 0.717) is 45.7 Å². The van der Waals surface area contributed by atoms with Crippen molar-refractivity contribution < 1.29 is 19.1 Å². The highest BCUT2D eigenvalue weighted by Gasteiger charge is 2.25. The zero-order chi connectivity index (χ0) is 17.4. The normalized spacial score (nSPS) is 15.1. The minimum absolute atomic E-state index is 0.121. The molecular weight excluding hydrogens is 310 g/mol. The number of nitrogens with one attached hydrogen (secondary N) is 1. The Kier molecular flexibility index (Phi) is 6.87. The Hall–Kier alpha value is -2.28. The third-order valence-electron chi connectivity index (χ3n) is 4.13. The molecule has 1 aromatic rings. The van der Waals surface area contributed by atoms with E-state index in [-0.39, 0.29) is 17.9 Å². The van der Waals surface area contributed by atoms with Gasteiger partial charge in [0.25, 0.3) is 0 Å². The first-order valence-corrected chi connectivity index (χ1v) is 8.13. The quantitative estimate of drug-likeness (QED) is 0.730. The van der Waals surface area contributed by atoms with Crippen LogP contribution in [0.15, 0.2) is 24.3 Å². The molecule has 0 unspecified atom stereocenters. The molecule has 3 N–H and O–H groups in total. The first-order chi connectivity index (χ1) is 11.6. The summed E-state index contributed by atoms with van der Waals surface area (Å²) in [6.07, 6.45) is 1.25. The van der Waals surface area contributed by atoms with Crippen LogP contribution in [-0.2, 0) is 16.1 Å². The average Bonchev–Trinajstić information content (AvgIpc) is 2.61. The number of urea groups is 1. The fourth-order valence-corrected chi connectivity index (χ4v) is 2.68. The Labute approximate surface area is 142 Å². The summed E-state index contributed by atoms with van der Waals surface area (Å²) >= 11 is 0. The maximum absolute atomic E-state index is 12.3. The first kappa shape index (κ1) is 18.1. The largest absolute Gasteiger partial charge is 0.491 e. The maximum atomic E-state index is 12.3. The van der Waals surface area contributed by atoms with Crippen molar-refractivity contribution in [2.75, 3.05) is 33.4 Å². The van der Waals surface area contributed by atoms with E-state index < -0.39 is 0 Å². The van der Waals surface area contributed by atoms with Crippen LogP contribution in [0.4, 0.5) is 4.79 Å². The van der Waals surface area contributed by atoms with Gasteiger partial charge >= 0.3 is 6.03 Å². The van der Waals surface area contributed by atoms with Crippen LogP contribution < -0.4 is 15.8 Å². The summed E-state index contributed by atoms with van der Waals surface area (Å²) in [5.41, 5.74) is 6.22. The first-order valence-electron chi connectivity index (χ1n) is 8.13. The monoisotopic (exact) mass is 335 g/mol. The smallest absolute Gasteiger partial charge is 0.317 e. The lowest BCUT2D eigenvalue weighted by Crippen LogP contribution is -2.46. The van der Waals surface area contributed by atoms with Crippen LogP contribution in [0.3, 0.4) is 0 Å². The van der Waals surface area contributed by atoms with E-state index in [1.165, 1.54) is 0 Å². The summed E-state index contributed by atoms with van der Waals surface area (Å²) in [6, 6.07) is 7.45. The third-order valence-corrected chi connectivity index (χ3v) is 4.13. The molecule has 7 nitrogen and oxygen atoms in total. The molecule has 1 heterocycles. The van der Waals surface area contributed by atoms with Crippen LogP contribution in [0.1, 0.15) is 18.4 Å². The second kappa shape index (κ2) is 9.12. The zero-order valence-corrected chi connectivity index (χ0v) is 14.0. The Balaban J connectivity index is 1.83. The molecule has 0 saturated carbocycles. The maximum Gasteiger partial charge on any atom is 0.317 e. The number of carbonyl (C=O) groups is 2. The SMILES string of the molecule is COCCOc1ccccc1CNC(=O)N1CCC(C(N)=O)CC1. The Morgan fingerprint density at radius 3 is 2.62 bits per heavy atom. The minimum atomic E-state index is -0.280. The number of piperidine rings is 1. The summed E-state index contributed by atoms with van der Waals surface area (Å²) in [5, 5.41) is 2.90. The van der Waals surface area contributed by atoms with Crippen LogP contribution in [0.25, 0.3) is 0 Å². The fourth-order valence-electron chi connectivity index (χ4n) is 2.68. The van der Waals surface area contributed by atoms with Gasteiger partial charge in [0.15, 0.2) is 0 Å². The molecule has 7 heteroatoms. The van der Waals surface area contributed by atoms with Gasteiger partial charge in [0.05, 0.1) is 6.61 Å². The second-order valence-corrected chi connectivity index (χ2v) is 5.77. The van der Waals surface area contributed by atoms with Crippen molar-refractivity contribution in [3.05, 3.63) is 29.8 Å². The molecule has 132 valence electrons. The lowest BCUT2D eigenvalue weighted by atomic mass is 9.96. The number of primary amides is 1. The summed E-state index contributed by atoms with van der Waals surface area (Å²) in [7, 11) is 1.62. The van der Waals surface area contributed by atoms with E-state index in [9.17, 15) is 9.59 Å². The predicted octanol–water partition coefficient (Wildman–Crippen LogP) is 1.12. The van der Waals surface area contributed by atoms with Gasteiger partial charge in [-0.05, 0) is 18.9 Å². The van der Waals surface area contributed by atoms with Crippen molar-refractivity contribution >= 4 is 11.9 Å². The lowest BCUT2D eigenvalue weighted by Gasteiger charge is -2.30. The van der Waals surface area contributed by atoms with Crippen molar-refractivity contribution in [3.8, 4) is 5.75 Å². The molecule has 0 aromatic heterocycles. The van der Waals surface area contributed by atoms with Gasteiger partial charge in [-0.2, -0.15) is 0 Å². The van der Waals surface area contributed by atoms with Gasteiger partial charge in [0, 0.05) is 38.2 Å². The van der Waals surface area contributed by atoms with Crippen molar-refractivity contribution in [1.82, 2.24) is 10.2 Å². The molecule has 0 atom stereocenters. The van der Waals surface area contributed by atoms with E-state index >= 15 is 0 Å². The van der Waals surface area contributed by atoms with Gasteiger partial charge in [-0.3, -0.25) is 4.79 Å². The van der Waals surface area contributed by atoms with E-state index in [0.717, 1.165) is 11.3 Å². The van der Waals surface area contributed by atoms with Gasteiger partial charge in [-0.15, -0.1) is 0 Å². The Bertz CT molecular complexity index is 557. The fraction of sp³-hybridized carbons (Fsp3) is 0.529. The van der Waals surface area contributed by atoms with Crippen LogP contribution in [0.2, 0.25) is 0 Å². The number of para-hydroxylation sites is 1. The number of rotatable bonds is 7.